The molecular formula is C10H5F3O4S. The van der Waals surface area contributed by atoms with Crippen molar-refractivity contribution in [1.82, 2.24) is 0 Å². The number of halogens is 3. The van der Waals surface area contributed by atoms with Crippen LogP contribution in [0.1, 0.15) is 15.2 Å². The topological polar surface area (TPSA) is 56.5 Å². The van der Waals surface area contributed by atoms with Crippen molar-refractivity contribution in [2.24, 2.45) is 0 Å². The van der Waals surface area contributed by atoms with Crippen LogP contribution in [-0.2, 0) is 10.9 Å². The minimum absolute atomic E-state index is 0.169. The smallest absolute Gasteiger partial charge is 0.426 e. The van der Waals surface area contributed by atoms with Gasteiger partial charge in [0.25, 0.3) is 0 Å². The molecule has 0 spiro atoms. The summed E-state index contributed by atoms with van der Waals surface area (Å²) in [6.45, 7) is 0. The van der Waals surface area contributed by atoms with Gasteiger partial charge >= 0.3 is 12.1 Å². The lowest BCUT2D eigenvalue weighted by molar-refractivity contribution is -0.134. The summed E-state index contributed by atoms with van der Waals surface area (Å²) in [6.07, 6.45) is -3.82. The summed E-state index contributed by atoms with van der Waals surface area (Å²) in [6, 6.07) is 0.986. The Hall–Kier alpha value is -1.83. The third-order valence-electron chi connectivity index (χ3n) is 2.14. The first-order valence-corrected chi connectivity index (χ1v) is 5.37. The van der Waals surface area contributed by atoms with E-state index in [1.54, 1.807) is 0 Å². The molecule has 4 nitrogen and oxygen atoms in total. The summed E-state index contributed by atoms with van der Waals surface area (Å²) in [7, 11) is 0.951. The lowest BCUT2D eigenvalue weighted by Gasteiger charge is -2.05. The minimum atomic E-state index is -4.75. The molecule has 18 heavy (non-hydrogen) atoms. The van der Waals surface area contributed by atoms with Gasteiger partial charge in [0.05, 0.1) is 13.4 Å². The largest absolute Gasteiger partial charge is 0.465 e. The zero-order valence-electron chi connectivity index (χ0n) is 8.83. The Morgan fingerprint density at radius 3 is 2.67 bits per heavy atom. The van der Waals surface area contributed by atoms with E-state index in [1.165, 1.54) is 0 Å². The highest BCUT2D eigenvalue weighted by atomic mass is 32.1. The molecule has 0 amide bonds. The third kappa shape index (κ3) is 1.88. The number of hydrogen-bond acceptors (Lipinski definition) is 5. The van der Waals surface area contributed by atoms with Crippen molar-refractivity contribution in [3.63, 3.8) is 0 Å². The van der Waals surface area contributed by atoms with Crippen LogP contribution >= 0.6 is 11.3 Å². The predicted octanol–water partition coefficient (Wildman–Crippen LogP) is 2.66. The van der Waals surface area contributed by atoms with Crippen molar-refractivity contribution < 1.29 is 27.1 Å². The fraction of sp³-hybridized carbons (Fsp3) is 0.200. The van der Waals surface area contributed by atoms with Gasteiger partial charge in [-0.05, 0) is 0 Å². The van der Waals surface area contributed by atoms with Crippen molar-refractivity contribution in [1.29, 1.82) is 0 Å². The Labute approximate surface area is 102 Å². The molecule has 2 heterocycles. The molecule has 2 aromatic rings. The second-order valence-corrected chi connectivity index (χ2v) is 4.26. The van der Waals surface area contributed by atoms with Crippen LogP contribution in [0.25, 0.3) is 10.3 Å². The van der Waals surface area contributed by atoms with E-state index in [0.717, 1.165) is 19.4 Å². The van der Waals surface area contributed by atoms with Crippen LogP contribution < -0.4 is 5.43 Å². The highest BCUT2D eigenvalue weighted by molar-refractivity contribution is 7.19. The maximum Gasteiger partial charge on any atom is 0.426 e. The number of thiophene rings is 1. The van der Waals surface area contributed by atoms with Gasteiger partial charge in [0, 0.05) is 6.07 Å². The molecule has 0 saturated heterocycles. The Bertz CT molecular complexity index is 668. The minimum Gasteiger partial charge on any atom is -0.465 e. The maximum absolute atomic E-state index is 12.8. The number of hydrogen-bond donors (Lipinski definition) is 0. The third-order valence-corrected chi connectivity index (χ3v) is 3.37. The average Bonchev–Trinajstić information content (AvgIpc) is 2.68. The number of rotatable bonds is 1. The number of esters is 1. The van der Waals surface area contributed by atoms with Crippen LogP contribution in [0, 0.1) is 0 Å². The molecule has 0 aliphatic rings. The number of alkyl halides is 3. The highest BCUT2D eigenvalue weighted by Gasteiger charge is 2.40. The average molecular weight is 278 g/mol. The fourth-order valence-corrected chi connectivity index (χ4v) is 2.43. The molecule has 0 fully saturated rings. The van der Waals surface area contributed by atoms with E-state index in [-0.39, 0.29) is 16.0 Å². The number of fused-ring (bicyclic) bond motifs is 1. The number of carbonyl (C=O) groups excluding carboxylic acids is 1. The Kier molecular flexibility index (Phi) is 2.89. The number of ether oxygens (including phenoxy) is 1. The lowest BCUT2D eigenvalue weighted by Crippen LogP contribution is -2.11. The van der Waals surface area contributed by atoms with E-state index in [1.807, 2.05) is 0 Å². The lowest BCUT2D eigenvalue weighted by atomic mass is 10.2. The summed E-state index contributed by atoms with van der Waals surface area (Å²) < 4.78 is 47.2. The highest BCUT2D eigenvalue weighted by Crippen LogP contribution is 2.41. The Morgan fingerprint density at radius 2 is 2.11 bits per heavy atom. The molecule has 2 aromatic heterocycles. The van der Waals surface area contributed by atoms with Crippen LogP contribution in [0.4, 0.5) is 13.2 Å². The summed E-state index contributed by atoms with van der Waals surface area (Å²) >= 11 is 0.169. The standard InChI is InChI=1S/C10H5F3O4S/c1-16-9(15)5-6-7(4(14)2-3-17-6)18-8(5)10(11,12)13/h2-3H,1H3. The zero-order chi connectivity index (χ0) is 13.5. The van der Waals surface area contributed by atoms with Gasteiger partial charge in [-0.2, -0.15) is 13.2 Å². The van der Waals surface area contributed by atoms with Gasteiger partial charge in [-0.3, -0.25) is 4.79 Å². The number of methoxy groups -OCH3 is 1. The molecule has 0 bridgehead atoms. The van der Waals surface area contributed by atoms with Crippen LogP contribution in [-0.4, -0.2) is 13.1 Å². The fourth-order valence-electron chi connectivity index (χ4n) is 1.42. The maximum atomic E-state index is 12.8. The number of carbonyl (C=O) groups is 1. The first kappa shape index (κ1) is 12.6. The molecule has 2 rings (SSSR count). The molecule has 0 radical (unpaired) electrons. The van der Waals surface area contributed by atoms with Crippen molar-refractivity contribution in [3.05, 3.63) is 33.0 Å². The van der Waals surface area contributed by atoms with E-state index in [9.17, 15) is 22.8 Å². The molecule has 0 saturated carbocycles. The van der Waals surface area contributed by atoms with Gasteiger partial charge in [0.2, 0.25) is 5.43 Å². The van der Waals surface area contributed by atoms with Crippen molar-refractivity contribution in [3.8, 4) is 0 Å². The molecule has 0 N–H and O–H groups in total. The molecule has 0 aliphatic carbocycles. The summed E-state index contributed by atoms with van der Waals surface area (Å²) in [5.41, 5.74) is -1.80. The van der Waals surface area contributed by atoms with Gasteiger partial charge < -0.3 is 9.15 Å². The Morgan fingerprint density at radius 1 is 1.44 bits per heavy atom. The predicted molar refractivity (Wildman–Crippen MR) is 56.7 cm³/mol. The van der Waals surface area contributed by atoms with Crippen LogP contribution in [0.15, 0.2) is 21.5 Å². The van der Waals surface area contributed by atoms with Gasteiger partial charge in [0.15, 0.2) is 5.58 Å². The second-order valence-electron chi connectivity index (χ2n) is 3.24. The first-order valence-electron chi connectivity index (χ1n) is 4.56. The van der Waals surface area contributed by atoms with E-state index >= 15 is 0 Å². The SMILES string of the molecule is COC(=O)c1c(C(F)(F)F)sc2c(=O)ccoc12. The quantitative estimate of drug-likeness (QED) is 0.752. The van der Waals surface area contributed by atoms with Gasteiger partial charge in [-0.1, -0.05) is 0 Å². The molecule has 8 heteroatoms. The molecule has 96 valence electrons. The first-order chi connectivity index (χ1) is 8.36. The van der Waals surface area contributed by atoms with E-state index in [0.29, 0.717) is 0 Å². The van der Waals surface area contributed by atoms with Crippen LogP contribution in [0.5, 0.6) is 0 Å². The van der Waals surface area contributed by atoms with Crippen molar-refractivity contribution in [2.45, 2.75) is 6.18 Å². The monoisotopic (exact) mass is 278 g/mol. The van der Waals surface area contributed by atoms with Crippen molar-refractivity contribution in [2.75, 3.05) is 7.11 Å². The van der Waals surface area contributed by atoms with Gasteiger partial charge in [0.1, 0.15) is 15.1 Å². The normalized spacial score (nSPS) is 11.8. The molecule has 0 unspecified atom stereocenters. The Balaban J connectivity index is 2.90. The summed E-state index contributed by atoms with van der Waals surface area (Å²) in [4.78, 5) is 21.6. The van der Waals surface area contributed by atoms with Crippen LogP contribution in [0.2, 0.25) is 0 Å². The molecule has 0 aliphatic heterocycles. The van der Waals surface area contributed by atoms with Crippen LogP contribution in [0.3, 0.4) is 0 Å². The van der Waals surface area contributed by atoms with Gasteiger partial charge in [-0.25, -0.2) is 4.79 Å². The van der Waals surface area contributed by atoms with Gasteiger partial charge in [-0.15, -0.1) is 11.3 Å². The summed E-state index contributed by atoms with van der Waals surface area (Å²) in [5, 5.41) is 0. The van der Waals surface area contributed by atoms with E-state index in [4.69, 9.17) is 4.42 Å². The second kappa shape index (κ2) is 4.13. The molecule has 0 atom stereocenters. The molecule has 0 aromatic carbocycles. The van der Waals surface area contributed by atoms with E-state index < -0.39 is 33.6 Å². The zero-order valence-corrected chi connectivity index (χ0v) is 9.65. The summed E-state index contributed by atoms with van der Waals surface area (Å²) in [5.74, 6) is -1.19. The molecular weight excluding hydrogens is 273 g/mol. The van der Waals surface area contributed by atoms with Crippen molar-refractivity contribution >= 4 is 27.6 Å². The van der Waals surface area contributed by atoms with E-state index in [2.05, 4.69) is 4.74 Å².